The van der Waals surface area contributed by atoms with Crippen LogP contribution in [-0.2, 0) is 6.42 Å². The van der Waals surface area contributed by atoms with Gasteiger partial charge in [-0.3, -0.25) is 0 Å². The van der Waals surface area contributed by atoms with E-state index in [9.17, 15) is 4.79 Å². The number of rotatable bonds is 7. The molecule has 0 saturated heterocycles. The quantitative estimate of drug-likeness (QED) is 0.588. The molecule has 2 N–H and O–H groups in total. The molecule has 0 bridgehead atoms. The maximum absolute atomic E-state index is 12.3. The van der Waals surface area contributed by atoms with Crippen LogP contribution in [-0.4, -0.2) is 24.7 Å². The van der Waals surface area contributed by atoms with Gasteiger partial charge in [-0.05, 0) is 32.0 Å². The third-order valence-electron chi connectivity index (χ3n) is 4.65. The van der Waals surface area contributed by atoms with E-state index in [0.29, 0.717) is 18.9 Å². The van der Waals surface area contributed by atoms with Crippen LogP contribution >= 0.6 is 11.3 Å². The Bertz CT molecular complexity index is 961. The molecule has 150 valence electrons. The van der Waals surface area contributed by atoms with Crippen LogP contribution in [0.4, 0.5) is 4.79 Å². The number of aromatic nitrogens is 1. The first-order valence-corrected chi connectivity index (χ1v) is 10.3. The van der Waals surface area contributed by atoms with Crippen LogP contribution < -0.4 is 15.4 Å². The minimum absolute atomic E-state index is 0.218. The van der Waals surface area contributed by atoms with Gasteiger partial charge in [-0.15, -0.1) is 11.3 Å². The molecule has 0 fully saturated rings. The summed E-state index contributed by atoms with van der Waals surface area (Å²) in [6.07, 6.45) is 0.717. The minimum atomic E-state index is -0.245. The van der Waals surface area contributed by atoms with Crippen molar-refractivity contribution in [2.45, 2.75) is 46.1 Å². The van der Waals surface area contributed by atoms with E-state index in [-0.39, 0.29) is 12.1 Å². The van der Waals surface area contributed by atoms with Gasteiger partial charge in [0.1, 0.15) is 17.1 Å². The van der Waals surface area contributed by atoms with Crippen LogP contribution in [0.5, 0.6) is 5.75 Å². The number of nitrogens with zero attached hydrogens (tertiary/aromatic N) is 1. The Morgan fingerprint density at radius 3 is 2.79 bits per heavy atom. The number of aryl methyl sites for hydroxylation is 1. The van der Waals surface area contributed by atoms with E-state index < -0.39 is 0 Å². The van der Waals surface area contributed by atoms with Crippen molar-refractivity contribution in [3.05, 3.63) is 45.6 Å². The number of hydrogen-bond donors (Lipinski definition) is 2. The van der Waals surface area contributed by atoms with Gasteiger partial charge < -0.3 is 19.8 Å². The molecule has 0 aliphatic rings. The lowest BCUT2D eigenvalue weighted by molar-refractivity contribution is 0.236. The zero-order valence-corrected chi connectivity index (χ0v) is 17.8. The highest BCUT2D eigenvalue weighted by molar-refractivity contribution is 7.09. The monoisotopic (exact) mass is 401 g/mol. The largest absolute Gasteiger partial charge is 0.497 e. The number of nitrogens with one attached hydrogen (secondary N) is 2. The number of methoxy groups -OCH3 is 1. The summed E-state index contributed by atoms with van der Waals surface area (Å²) in [7, 11) is 1.64. The molecule has 1 aromatic carbocycles. The highest BCUT2D eigenvalue weighted by Gasteiger charge is 2.19. The molecule has 28 heavy (non-hydrogen) atoms. The van der Waals surface area contributed by atoms with Crippen molar-refractivity contribution in [2.75, 3.05) is 13.7 Å². The van der Waals surface area contributed by atoms with Crippen molar-refractivity contribution in [1.82, 2.24) is 15.6 Å². The normalized spacial score (nSPS) is 12.4. The predicted octanol–water partition coefficient (Wildman–Crippen LogP) is 4.93. The fourth-order valence-electron chi connectivity index (χ4n) is 3.08. The van der Waals surface area contributed by atoms with E-state index in [1.165, 1.54) is 0 Å². The van der Waals surface area contributed by atoms with E-state index in [1.807, 2.05) is 32.0 Å². The number of ether oxygens (including phenoxy) is 1. The molecular weight excluding hydrogens is 374 g/mol. The first-order valence-electron chi connectivity index (χ1n) is 9.44. The third-order valence-corrected chi connectivity index (χ3v) is 5.85. The van der Waals surface area contributed by atoms with Crippen molar-refractivity contribution in [3.63, 3.8) is 0 Å². The fourth-order valence-corrected chi connectivity index (χ4v) is 3.95. The van der Waals surface area contributed by atoms with Crippen LogP contribution in [0.3, 0.4) is 0 Å². The van der Waals surface area contributed by atoms with Gasteiger partial charge in [0.25, 0.3) is 0 Å². The molecule has 0 radical (unpaired) electrons. The van der Waals surface area contributed by atoms with E-state index in [0.717, 1.165) is 38.7 Å². The number of furan rings is 1. The Balaban J connectivity index is 1.56. The lowest BCUT2D eigenvalue weighted by Gasteiger charge is -2.13. The minimum Gasteiger partial charge on any atom is -0.497 e. The van der Waals surface area contributed by atoms with Gasteiger partial charge in [0.2, 0.25) is 0 Å². The average Bonchev–Trinajstić information content (AvgIpc) is 3.26. The topological polar surface area (TPSA) is 76.4 Å². The number of hydrogen-bond acceptors (Lipinski definition) is 5. The van der Waals surface area contributed by atoms with E-state index in [1.54, 1.807) is 18.4 Å². The lowest BCUT2D eigenvalue weighted by atomic mass is 10.1. The van der Waals surface area contributed by atoms with Crippen LogP contribution in [0.2, 0.25) is 0 Å². The summed E-state index contributed by atoms with van der Waals surface area (Å²) in [6, 6.07) is 5.23. The van der Waals surface area contributed by atoms with Crippen molar-refractivity contribution in [3.8, 4) is 5.75 Å². The van der Waals surface area contributed by atoms with E-state index >= 15 is 0 Å². The van der Waals surface area contributed by atoms with Crippen molar-refractivity contribution in [1.29, 1.82) is 0 Å². The van der Waals surface area contributed by atoms with Crippen LogP contribution in [0.25, 0.3) is 11.0 Å². The molecule has 0 aliphatic heterocycles. The highest BCUT2D eigenvalue weighted by Crippen LogP contribution is 2.31. The van der Waals surface area contributed by atoms with Gasteiger partial charge in [0, 0.05) is 35.2 Å². The van der Waals surface area contributed by atoms with Crippen LogP contribution in [0, 0.1) is 6.92 Å². The number of benzene rings is 1. The summed E-state index contributed by atoms with van der Waals surface area (Å²) in [5.74, 6) is 1.96. The van der Waals surface area contributed by atoms with Crippen LogP contribution in [0.15, 0.2) is 28.0 Å². The molecule has 0 spiro atoms. The Labute approximate surface area is 169 Å². The van der Waals surface area contributed by atoms with E-state index in [2.05, 4.69) is 34.8 Å². The second kappa shape index (κ2) is 8.65. The number of urea groups is 1. The molecule has 3 rings (SSSR count). The average molecular weight is 402 g/mol. The van der Waals surface area contributed by atoms with Gasteiger partial charge in [-0.1, -0.05) is 13.8 Å². The highest BCUT2D eigenvalue weighted by atomic mass is 32.1. The molecule has 1 atom stereocenters. The van der Waals surface area contributed by atoms with Gasteiger partial charge in [0.15, 0.2) is 0 Å². The Morgan fingerprint density at radius 2 is 2.11 bits per heavy atom. The summed E-state index contributed by atoms with van der Waals surface area (Å²) in [5.41, 5.74) is 2.81. The summed E-state index contributed by atoms with van der Waals surface area (Å²) >= 11 is 1.67. The fraction of sp³-hybridized carbons (Fsp3) is 0.429. The maximum Gasteiger partial charge on any atom is 0.315 e. The first kappa shape index (κ1) is 20.2. The first-order chi connectivity index (χ1) is 13.4. The van der Waals surface area contributed by atoms with Crippen LogP contribution in [0.1, 0.15) is 54.8 Å². The molecule has 2 amide bonds. The second-order valence-electron chi connectivity index (χ2n) is 7.16. The summed E-state index contributed by atoms with van der Waals surface area (Å²) < 4.78 is 11.2. The van der Waals surface area contributed by atoms with Gasteiger partial charge in [-0.2, -0.15) is 0 Å². The molecule has 2 heterocycles. The van der Waals surface area contributed by atoms with Gasteiger partial charge >= 0.3 is 6.03 Å². The van der Waals surface area contributed by atoms with Crippen molar-refractivity contribution in [2.24, 2.45) is 0 Å². The SMILES string of the molecule is COc1ccc2oc(C(C)NC(=O)NCCc3csc(C(C)C)n3)c(C)c2c1. The Morgan fingerprint density at radius 1 is 1.32 bits per heavy atom. The molecular formula is C21H27N3O3S. The van der Waals surface area contributed by atoms with Crippen molar-refractivity contribution < 1.29 is 13.9 Å². The predicted molar refractivity (Wildman–Crippen MR) is 112 cm³/mol. The number of carbonyl (C=O) groups excluding carboxylic acids is 1. The van der Waals surface area contributed by atoms with Gasteiger partial charge in [-0.25, -0.2) is 9.78 Å². The molecule has 1 unspecified atom stereocenters. The zero-order chi connectivity index (χ0) is 20.3. The summed E-state index contributed by atoms with van der Waals surface area (Å²) in [4.78, 5) is 16.8. The maximum atomic E-state index is 12.3. The number of carbonyl (C=O) groups is 1. The molecule has 3 aromatic rings. The number of fused-ring (bicyclic) bond motifs is 1. The Kier molecular flexibility index (Phi) is 6.24. The van der Waals surface area contributed by atoms with Crippen molar-refractivity contribution >= 4 is 28.3 Å². The third kappa shape index (κ3) is 4.47. The standard InChI is InChI=1S/C21H27N3O3S/c1-12(2)20-24-15(11-28-20)8-9-22-21(25)23-14(4)19-13(3)17-10-16(26-5)6-7-18(17)27-19/h6-7,10-12,14H,8-9H2,1-5H3,(H2,22,23,25). The zero-order valence-electron chi connectivity index (χ0n) is 17.0. The molecule has 0 saturated carbocycles. The molecule has 0 aliphatic carbocycles. The van der Waals surface area contributed by atoms with Gasteiger partial charge in [0.05, 0.1) is 23.9 Å². The van der Waals surface area contributed by atoms with E-state index in [4.69, 9.17) is 9.15 Å². The molecule has 7 heteroatoms. The second-order valence-corrected chi connectivity index (χ2v) is 8.05. The summed E-state index contributed by atoms with van der Waals surface area (Å²) in [6.45, 7) is 8.70. The molecule has 6 nitrogen and oxygen atoms in total. The number of amides is 2. The number of thiazole rings is 1. The lowest BCUT2D eigenvalue weighted by Crippen LogP contribution is -2.38. The Hall–Kier alpha value is -2.54. The summed E-state index contributed by atoms with van der Waals surface area (Å²) in [5, 5.41) is 10.0. The molecule has 2 aromatic heterocycles. The smallest absolute Gasteiger partial charge is 0.315 e.